The van der Waals surface area contributed by atoms with E-state index in [-0.39, 0.29) is 5.91 Å². The minimum absolute atomic E-state index is 0.132. The van der Waals surface area contributed by atoms with Crippen LogP contribution in [0.25, 0.3) is 0 Å². The molecule has 0 saturated carbocycles. The lowest BCUT2D eigenvalue weighted by molar-refractivity contribution is 0.102. The molecule has 0 aliphatic heterocycles. The van der Waals surface area contributed by atoms with Crippen LogP contribution in [0.5, 0.6) is 0 Å². The third kappa shape index (κ3) is 3.61. The monoisotopic (exact) mass is 396 g/mol. The van der Waals surface area contributed by atoms with E-state index >= 15 is 0 Å². The number of nitrogens with zero attached hydrogens (tertiary/aromatic N) is 1. The second-order valence-corrected chi connectivity index (χ2v) is 6.35. The molecule has 1 amide bonds. The van der Waals surface area contributed by atoms with E-state index in [4.69, 9.17) is 0 Å². The molecule has 0 aromatic heterocycles. The third-order valence-electron chi connectivity index (χ3n) is 2.78. The lowest BCUT2D eigenvalue weighted by atomic mass is 10.2. The molecular formula is C15H14Br2N2O. The molecule has 0 bridgehead atoms. The van der Waals surface area contributed by atoms with Crippen LogP contribution in [0, 0.1) is 0 Å². The fraction of sp³-hybridized carbons (Fsp3) is 0.133. The van der Waals surface area contributed by atoms with Crippen LogP contribution in [0.3, 0.4) is 0 Å². The van der Waals surface area contributed by atoms with Crippen molar-refractivity contribution in [2.45, 2.75) is 0 Å². The number of anilines is 2. The van der Waals surface area contributed by atoms with Crippen LogP contribution in [-0.2, 0) is 0 Å². The van der Waals surface area contributed by atoms with Gasteiger partial charge in [-0.1, -0.05) is 37.9 Å². The van der Waals surface area contributed by atoms with Gasteiger partial charge in [-0.05, 0) is 36.4 Å². The molecule has 1 N–H and O–H groups in total. The summed E-state index contributed by atoms with van der Waals surface area (Å²) in [5.74, 6) is -0.132. The van der Waals surface area contributed by atoms with Gasteiger partial charge in [0.2, 0.25) is 0 Å². The van der Waals surface area contributed by atoms with Gasteiger partial charge in [-0.2, -0.15) is 0 Å². The molecule has 2 aromatic carbocycles. The molecule has 0 saturated heterocycles. The van der Waals surface area contributed by atoms with Crippen molar-refractivity contribution in [2.24, 2.45) is 0 Å². The Kier molecular flexibility index (Phi) is 4.83. The highest BCUT2D eigenvalue weighted by molar-refractivity contribution is 9.10. The zero-order valence-electron chi connectivity index (χ0n) is 11.2. The van der Waals surface area contributed by atoms with Gasteiger partial charge < -0.3 is 10.2 Å². The van der Waals surface area contributed by atoms with Crippen molar-refractivity contribution < 1.29 is 4.79 Å². The molecule has 0 aliphatic carbocycles. The van der Waals surface area contributed by atoms with Crippen molar-refractivity contribution in [1.29, 1.82) is 0 Å². The lowest BCUT2D eigenvalue weighted by Crippen LogP contribution is -2.16. The van der Waals surface area contributed by atoms with Crippen molar-refractivity contribution in [1.82, 2.24) is 0 Å². The molecule has 0 atom stereocenters. The average Bonchev–Trinajstić information content (AvgIpc) is 2.38. The largest absolute Gasteiger partial charge is 0.376 e. The number of amides is 1. The first kappa shape index (κ1) is 15.1. The Labute approximate surface area is 135 Å². The van der Waals surface area contributed by atoms with Crippen LogP contribution in [0.4, 0.5) is 11.4 Å². The minimum Gasteiger partial charge on any atom is -0.376 e. The Hall–Kier alpha value is -1.33. The van der Waals surface area contributed by atoms with E-state index < -0.39 is 0 Å². The molecule has 2 aromatic rings. The Morgan fingerprint density at radius 2 is 1.75 bits per heavy atom. The molecule has 0 spiro atoms. The highest BCUT2D eigenvalue weighted by Gasteiger charge is 2.11. The van der Waals surface area contributed by atoms with Crippen molar-refractivity contribution in [3.63, 3.8) is 0 Å². The minimum atomic E-state index is -0.132. The fourth-order valence-corrected chi connectivity index (χ4v) is 2.58. The van der Waals surface area contributed by atoms with Crippen LogP contribution in [0.15, 0.2) is 51.4 Å². The molecule has 5 heteroatoms. The standard InChI is InChI=1S/C15H14Br2N2O/c1-19(2)14-7-6-12(17)9-13(14)18-15(20)10-4-3-5-11(16)8-10/h3-9H,1-2H3,(H,18,20). The molecule has 0 unspecified atom stereocenters. The molecule has 3 nitrogen and oxygen atoms in total. The number of hydrogen-bond donors (Lipinski definition) is 1. The first-order valence-corrected chi connectivity index (χ1v) is 7.60. The van der Waals surface area contributed by atoms with Crippen molar-refractivity contribution in [3.8, 4) is 0 Å². The van der Waals surface area contributed by atoms with Crippen LogP contribution >= 0.6 is 31.9 Å². The number of nitrogens with one attached hydrogen (secondary N) is 1. The smallest absolute Gasteiger partial charge is 0.255 e. The Morgan fingerprint density at radius 3 is 2.40 bits per heavy atom. The normalized spacial score (nSPS) is 10.2. The molecule has 0 aliphatic rings. The Balaban J connectivity index is 2.30. The van der Waals surface area contributed by atoms with Crippen LogP contribution in [-0.4, -0.2) is 20.0 Å². The Bertz CT molecular complexity index is 642. The maximum absolute atomic E-state index is 12.3. The van der Waals surface area contributed by atoms with Crippen LogP contribution in [0.2, 0.25) is 0 Å². The van der Waals surface area contributed by atoms with Gasteiger partial charge in [-0.25, -0.2) is 0 Å². The van der Waals surface area contributed by atoms with E-state index in [9.17, 15) is 4.79 Å². The second-order valence-electron chi connectivity index (χ2n) is 4.52. The molecule has 0 heterocycles. The molecule has 0 fully saturated rings. The quantitative estimate of drug-likeness (QED) is 0.825. The van der Waals surface area contributed by atoms with Gasteiger partial charge in [0.1, 0.15) is 0 Å². The predicted octanol–water partition coefficient (Wildman–Crippen LogP) is 4.53. The summed E-state index contributed by atoms with van der Waals surface area (Å²) in [5, 5.41) is 2.94. The van der Waals surface area contributed by atoms with Crippen molar-refractivity contribution in [2.75, 3.05) is 24.3 Å². The van der Waals surface area contributed by atoms with E-state index in [1.807, 2.05) is 49.3 Å². The SMILES string of the molecule is CN(C)c1ccc(Br)cc1NC(=O)c1cccc(Br)c1. The number of halogens is 2. The van der Waals surface area contributed by atoms with Gasteiger partial charge in [0, 0.05) is 28.6 Å². The average molecular weight is 398 g/mol. The molecule has 2 rings (SSSR count). The first-order valence-electron chi connectivity index (χ1n) is 6.01. The lowest BCUT2D eigenvalue weighted by Gasteiger charge is -2.18. The fourth-order valence-electron chi connectivity index (χ4n) is 1.82. The number of carbonyl (C=O) groups excluding carboxylic acids is 1. The predicted molar refractivity (Wildman–Crippen MR) is 90.6 cm³/mol. The third-order valence-corrected chi connectivity index (χ3v) is 3.76. The van der Waals surface area contributed by atoms with Gasteiger partial charge >= 0.3 is 0 Å². The first-order chi connectivity index (χ1) is 9.47. The molecule has 104 valence electrons. The van der Waals surface area contributed by atoms with Gasteiger partial charge in [-0.15, -0.1) is 0 Å². The maximum Gasteiger partial charge on any atom is 0.255 e. The zero-order valence-corrected chi connectivity index (χ0v) is 14.3. The summed E-state index contributed by atoms with van der Waals surface area (Å²) in [5.41, 5.74) is 2.34. The summed E-state index contributed by atoms with van der Waals surface area (Å²) in [6.07, 6.45) is 0. The van der Waals surface area contributed by atoms with Gasteiger partial charge in [0.05, 0.1) is 11.4 Å². The van der Waals surface area contributed by atoms with E-state index in [0.717, 1.165) is 20.3 Å². The van der Waals surface area contributed by atoms with Crippen molar-refractivity contribution in [3.05, 3.63) is 57.0 Å². The van der Waals surface area contributed by atoms with Crippen LogP contribution < -0.4 is 10.2 Å². The van der Waals surface area contributed by atoms with E-state index in [1.54, 1.807) is 12.1 Å². The number of rotatable bonds is 3. The number of benzene rings is 2. The highest BCUT2D eigenvalue weighted by atomic mass is 79.9. The Morgan fingerprint density at radius 1 is 1.05 bits per heavy atom. The summed E-state index contributed by atoms with van der Waals surface area (Å²) in [6, 6.07) is 13.1. The van der Waals surface area contributed by atoms with E-state index in [2.05, 4.69) is 37.2 Å². The van der Waals surface area contributed by atoms with Gasteiger partial charge in [0.15, 0.2) is 0 Å². The molecule has 20 heavy (non-hydrogen) atoms. The molecule has 0 radical (unpaired) electrons. The van der Waals surface area contributed by atoms with Crippen LogP contribution in [0.1, 0.15) is 10.4 Å². The summed E-state index contributed by atoms with van der Waals surface area (Å²) in [4.78, 5) is 14.2. The zero-order chi connectivity index (χ0) is 14.7. The summed E-state index contributed by atoms with van der Waals surface area (Å²) in [7, 11) is 3.88. The van der Waals surface area contributed by atoms with Gasteiger partial charge in [-0.3, -0.25) is 4.79 Å². The summed E-state index contributed by atoms with van der Waals surface area (Å²) < 4.78 is 1.81. The number of carbonyl (C=O) groups is 1. The van der Waals surface area contributed by atoms with E-state index in [0.29, 0.717) is 5.56 Å². The second kappa shape index (κ2) is 6.41. The summed E-state index contributed by atoms with van der Waals surface area (Å²) in [6.45, 7) is 0. The topological polar surface area (TPSA) is 32.3 Å². The summed E-state index contributed by atoms with van der Waals surface area (Å²) >= 11 is 6.80. The van der Waals surface area contributed by atoms with Crippen molar-refractivity contribution >= 4 is 49.1 Å². The van der Waals surface area contributed by atoms with Gasteiger partial charge in [0.25, 0.3) is 5.91 Å². The highest BCUT2D eigenvalue weighted by Crippen LogP contribution is 2.28. The van der Waals surface area contributed by atoms with E-state index in [1.165, 1.54) is 0 Å². The molecular weight excluding hydrogens is 384 g/mol. The number of hydrogen-bond acceptors (Lipinski definition) is 2. The maximum atomic E-state index is 12.3.